The Morgan fingerprint density at radius 3 is 2.61 bits per heavy atom. The van der Waals surface area contributed by atoms with E-state index in [1.165, 1.54) is 17.8 Å². The maximum absolute atomic E-state index is 12.7. The van der Waals surface area contributed by atoms with Gasteiger partial charge in [0.1, 0.15) is 0 Å². The standard InChI is InChI=1S/C27H21BrN4O3S/c1-16-10-20(11-17(2)25(16)28)29-27-30-26(33)24(36-27)13-19-15-31(23-9-4-3-8-22(19)23)14-18-6-5-7-21(12-18)32(34)35/h3-13,15H,14H2,1-2H3,(H,29,30,33)/b24-13-. The Labute approximate surface area is 220 Å². The smallest absolute Gasteiger partial charge is 0.269 e. The number of amidine groups is 1. The zero-order chi connectivity index (χ0) is 25.4. The number of nitrogens with zero attached hydrogens (tertiary/aromatic N) is 3. The van der Waals surface area contributed by atoms with E-state index >= 15 is 0 Å². The number of para-hydroxylation sites is 1. The van der Waals surface area contributed by atoms with Crippen molar-refractivity contribution < 1.29 is 9.72 Å². The number of hydrogen-bond donors (Lipinski definition) is 1. The summed E-state index contributed by atoms with van der Waals surface area (Å²) in [6.07, 6.45) is 3.84. The predicted octanol–water partition coefficient (Wildman–Crippen LogP) is 6.87. The van der Waals surface area contributed by atoms with Crippen molar-refractivity contribution in [1.29, 1.82) is 0 Å². The second-order valence-electron chi connectivity index (χ2n) is 8.53. The number of rotatable bonds is 5. The Hall–Kier alpha value is -3.69. The summed E-state index contributed by atoms with van der Waals surface area (Å²) in [4.78, 5) is 28.7. The molecule has 0 bridgehead atoms. The Bertz CT molecular complexity index is 1580. The lowest BCUT2D eigenvalue weighted by molar-refractivity contribution is -0.384. The highest BCUT2D eigenvalue weighted by Crippen LogP contribution is 2.33. The summed E-state index contributed by atoms with van der Waals surface area (Å²) in [6, 6.07) is 18.5. The van der Waals surface area contributed by atoms with E-state index in [0.29, 0.717) is 16.6 Å². The van der Waals surface area contributed by atoms with Gasteiger partial charge in [-0.2, -0.15) is 0 Å². The first-order valence-electron chi connectivity index (χ1n) is 11.2. The number of thioether (sulfide) groups is 1. The first kappa shape index (κ1) is 24.0. The van der Waals surface area contributed by atoms with Crippen LogP contribution in [0.4, 0.5) is 11.4 Å². The molecule has 7 nitrogen and oxygen atoms in total. The number of benzene rings is 3. The van der Waals surface area contributed by atoms with E-state index in [-0.39, 0.29) is 16.5 Å². The van der Waals surface area contributed by atoms with Gasteiger partial charge in [0.15, 0.2) is 5.17 Å². The van der Waals surface area contributed by atoms with E-state index in [4.69, 9.17) is 0 Å². The molecule has 0 atom stereocenters. The molecular weight excluding hydrogens is 540 g/mol. The van der Waals surface area contributed by atoms with Crippen molar-refractivity contribution in [3.63, 3.8) is 0 Å². The molecule has 1 fully saturated rings. The number of carbonyl (C=O) groups is 1. The van der Waals surface area contributed by atoms with E-state index in [1.807, 2.05) is 73.2 Å². The minimum Gasteiger partial charge on any atom is -0.342 e. The molecule has 1 aliphatic heterocycles. The Morgan fingerprint density at radius 1 is 1.11 bits per heavy atom. The fourth-order valence-corrected chi connectivity index (χ4v) is 5.27. The molecule has 4 aromatic rings. The first-order valence-corrected chi connectivity index (χ1v) is 12.8. The minimum absolute atomic E-state index is 0.0632. The average molecular weight is 561 g/mol. The highest BCUT2D eigenvalue weighted by Gasteiger charge is 2.24. The van der Waals surface area contributed by atoms with E-state index in [1.54, 1.807) is 12.1 Å². The number of hydrogen-bond acceptors (Lipinski definition) is 5. The predicted molar refractivity (Wildman–Crippen MR) is 149 cm³/mol. The van der Waals surface area contributed by atoms with Crippen molar-refractivity contribution in [2.45, 2.75) is 20.4 Å². The van der Waals surface area contributed by atoms with Crippen LogP contribution in [0, 0.1) is 24.0 Å². The van der Waals surface area contributed by atoms with Crippen LogP contribution in [0.15, 0.2) is 81.2 Å². The monoisotopic (exact) mass is 560 g/mol. The van der Waals surface area contributed by atoms with Gasteiger partial charge in [0.25, 0.3) is 11.6 Å². The van der Waals surface area contributed by atoms with Crippen LogP contribution in [0.5, 0.6) is 0 Å². The van der Waals surface area contributed by atoms with Gasteiger partial charge in [-0.25, -0.2) is 4.99 Å². The van der Waals surface area contributed by atoms with Crippen LogP contribution in [-0.4, -0.2) is 20.6 Å². The van der Waals surface area contributed by atoms with Crippen LogP contribution in [0.2, 0.25) is 0 Å². The molecule has 1 aliphatic rings. The lowest BCUT2D eigenvalue weighted by atomic mass is 10.1. The summed E-state index contributed by atoms with van der Waals surface area (Å²) in [5.74, 6) is -0.195. The fourth-order valence-electron chi connectivity index (χ4n) is 4.21. The number of aliphatic imine (C=N–C) groups is 1. The molecule has 9 heteroatoms. The van der Waals surface area contributed by atoms with Crippen LogP contribution >= 0.6 is 27.7 Å². The number of nitrogens with one attached hydrogen (secondary N) is 1. The molecule has 2 heterocycles. The zero-order valence-electron chi connectivity index (χ0n) is 19.5. The number of fused-ring (bicyclic) bond motifs is 1. The van der Waals surface area contributed by atoms with Crippen molar-refractivity contribution in [2.24, 2.45) is 4.99 Å². The normalized spacial score (nSPS) is 15.7. The number of aromatic nitrogens is 1. The van der Waals surface area contributed by atoms with Gasteiger partial charge in [-0.1, -0.05) is 46.3 Å². The summed E-state index contributed by atoms with van der Waals surface area (Å²) in [7, 11) is 0. The topological polar surface area (TPSA) is 89.5 Å². The van der Waals surface area contributed by atoms with Gasteiger partial charge in [-0.15, -0.1) is 0 Å². The number of carbonyl (C=O) groups excluding carboxylic acids is 1. The molecule has 0 radical (unpaired) electrons. The molecule has 0 unspecified atom stereocenters. The van der Waals surface area contributed by atoms with Crippen LogP contribution in [0.25, 0.3) is 17.0 Å². The van der Waals surface area contributed by atoms with Crippen molar-refractivity contribution in [3.8, 4) is 0 Å². The molecule has 3 aromatic carbocycles. The highest BCUT2D eigenvalue weighted by molar-refractivity contribution is 9.10. The summed E-state index contributed by atoms with van der Waals surface area (Å²) in [5.41, 5.74) is 5.71. The van der Waals surface area contributed by atoms with Gasteiger partial charge in [-0.05, 0) is 66.6 Å². The number of aryl methyl sites for hydroxylation is 2. The summed E-state index contributed by atoms with van der Waals surface area (Å²) in [6.45, 7) is 4.49. The molecule has 1 N–H and O–H groups in total. The molecule has 180 valence electrons. The van der Waals surface area contributed by atoms with Crippen molar-refractivity contribution in [2.75, 3.05) is 0 Å². The Kier molecular flexibility index (Phi) is 6.51. The van der Waals surface area contributed by atoms with Crippen LogP contribution in [0.3, 0.4) is 0 Å². The largest absolute Gasteiger partial charge is 0.342 e. The third-order valence-electron chi connectivity index (χ3n) is 5.88. The number of nitro benzene ring substituents is 1. The van der Waals surface area contributed by atoms with E-state index in [2.05, 4.69) is 26.2 Å². The second-order valence-corrected chi connectivity index (χ2v) is 10.4. The third kappa shape index (κ3) is 4.84. The lowest BCUT2D eigenvalue weighted by Gasteiger charge is -2.05. The SMILES string of the molecule is Cc1cc(N=C2NC(=O)/C(=C/c3cn(Cc4cccc([N+](=O)[O-])c4)c4ccccc34)S2)cc(C)c1Br. The van der Waals surface area contributed by atoms with Crippen LogP contribution < -0.4 is 5.32 Å². The molecule has 0 aliphatic carbocycles. The maximum Gasteiger partial charge on any atom is 0.269 e. The van der Waals surface area contributed by atoms with E-state index in [9.17, 15) is 14.9 Å². The van der Waals surface area contributed by atoms with Gasteiger partial charge < -0.3 is 9.88 Å². The lowest BCUT2D eigenvalue weighted by Crippen LogP contribution is -2.19. The molecule has 1 saturated heterocycles. The van der Waals surface area contributed by atoms with Crippen molar-refractivity contribution in [3.05, 3.63) is 109 Å². The van der Waals surface area contributed by atoms with Gasteiger partial charge >= 0.3 is 0 Å². The van der Waals surface area contributed by atoms with Gasteiger partial charge in [0.2, 0.25) is 0 Å². The molecule has 36 heavy (non-hydrogen) atoms. The van der Waals surface area contributed by atoms with Gasteiger partial charge in [0, 0.05) is 45.8 Å². The summed E-state index contributed by atoms with van der Waals surface area (Å²) in [5, 5.41) is 15.6. The summed E-state index contributed by atoms with van der Waals surface area (Å²) < 4.78 is 3.09. The third-order valence-corrected chi connectivity index (χ3v) is 8.04. The molecule has 1 amide bonds. The Balaban J connectivity index is 1.46. The van der Waals surface area contributed by atoms with Gasteiger partial charge in [0.05, 0.1) is 15.5 Å². The van der Waals surface area contributed by atoms with Crippen LogP contribution in [0.1, 0.15) is 22.3 Å². The van der Waals surface area contributed by atoms with Crippen molar-refractivity contribution in [1.82, 2.24) is 9.88 Å². The zero-order valence-corrected chi connectivity index (χ0v) is 21.9. The fraction of sp³-hybridized carbons (Fsp3) is 0.111. The second kappa shape index (κ2) is 9.75. The quantitative estimate of drug-likeness (QED) is 0.164. The Morgan fingerprint density at radius 2 is 1.86 bits per heavy atom. The van der Waals surface area contributed by atoms with Crippen molar-refractivity contribution >= 4 is 67.1 Å². The molecule has 0 spiro atoms. The minimum atomic E-state index is -0.390. The van der Waals surface area contributed by atoms with E-state index < -0.39 is 0 Å². The highest BCUT2D eigenvalue weighted by atomic mass is 79.9. The van der Waals surface area contributed by atoms with Gasteiger partial charge in [-0.3, -0.25) is 14.9 Å². The average Bonchev–Trinajstić information content (AvgIpc) is 3.37. The molecular formula is C27H21BrN4O3S. The number of halogens is 1. The molecule has 1 aromatic heterocycles. The number of non-ortho nitro benzene ring substituents is 1. The number of nitro groups is 1. The first-order chi connectivity index (χ1) is 17.3. The summed E-state index contributed by atoms with van der Waals surface area (Å²) >= 11 is 4.88. The molecule has 0 saturated carbocycles. The van der Waals surface area contributed by atoms with Crippen LogP contribution in [-0.2, 0) is 11.3 Å². The molecule has 5 rings (SSSR count). The van der Waals surface area contributed by atoms with E-state index in [0.717, 1.165) is 43.3 Å². The number of amides is 1. The maximum atomic E-state index is 12.7.